The summed E-state index contributed by atoms with van der Waals surface area (Å²) >= 11 is 0. The van der Waals surface area contributed by atoms with Crippen LogP contribution in [0.2, 0.25) is 0 Å². The van der Waals surface area contributed by atoms with Crippen molar-refractivity contribution < 1.29 is 4.74 Å². The molecule has 7 N–H and O–H groups in total. The van der Waals surface area contributed by atoms with E-state index < -0.39 is 0 Å². The lowest BCUT2D eigenvalue weighted by Crippen LogP contribution is -2.62. The molecule has 108 valence electrons. The van der Waals surface area contributed by atoms with Gasteiger partial charge in [0.2, 0.25) is 0 Å². The molecule has 1 saturated heterocycles. The van der Waals surface area contributed by atoms with Gasteiger partial charge in [0.05, 0.1) is 18.5 Å². The Morgan fingerprint density at radius 1 is 1.42 bits per heavy atom. The van der Waals surface area contributed by atoms with Crippen LogP contribution in [0.15, 0.2) is 11.5 Å². The molecule has 0 aromatic rings. The Bertz CT molecular complexity index is 386. The second-order valence-corrected chi connectivity index (χ2v) is 5.60. The van der Waals surface area contributed by atoms with E-state index in [1.165, 1.54) is 0 Å². The van der Waals surface area contributed by atoms with Crippen molar-refractivity contribution in [2.24, 2.45) is 17.4 Å². The smallest absolute Gasteiger partial charge is 0.135 e. The maximum absolute atomic E-state index is 6.14. The van der Waals surface area contributed by atoms with E-state index in [0.29, 0.717) is 18.7 Å². The van der Waals surface area contributed by atoms with E-state index in [0.717, 1.165) is 24.4 Å². The molecule has 19 heavy (non-hydrogen) atoms. The van der Waals surface area contributed by atoms with Crippen LogP contribution in [0.1, 0.15) is 26.7 Å². The third-order valence-electron chi connectivity index (χ3n) is 4.16. The molecule has 3 rings (SSSR count). The van der Waals surface area contributed by atoms with Gasteiger partial charge in [0.1, 0.15) is 24.5 Å². The van der Waals surface area contributed by atoms with Gasteiger partial charge in [0.25, 0.3) is 0 Å². The van der Waals surface area contributed by atoms with Gasteiger partial charge >= 0.3 is 0 Å². The fourth-order valence-corrected chi connectivity index (χ4v) is 3.15. The zero-order valence-corrected chi connectivity index (χ0v) is 11.5. The fraction of sp³-hybridized carbons (Fsp3) is 0.833. The van der Waals surface area contributed by atoms with E-state index in [1.54, 1.807) is 0 Å². The molecule has 0 aromatic heterocycles. The number of nitrogens with zero attached hydrogens (tertiary/aromatic N) is 1. The molecule has 0 spiro atoms. The number of ether oxygens (including phenoxy) is 1. The first kappa shape index (κ1) is 13.0. The first-order chi connectivity index (χ1) is 9.10. The molecule has 2 unspecified atom stereocenters. The second kappa shape index (κ2) is 4.82. The van der Waals surface area contributed by atoms with Crippen molar-refractivity contribution in [1.82, 2.24) is 20.9 Å². The summed E-state index contributed by atoms with van der Waals surface area (Å²) in [5, 5.41) is 9.62. The number of hydrogen-bond acceptors (Lipinski definition) is 7. The summed E-state index contributed by atoms with van der Waals surface area (Å²) in [6, 6.07) is 0. The number of nitrogens with two attached hydrogens (primary N) is 2. The van der Waals surface area contributed by atoms with Gasteiger partial charge in [-0.2, -0.15) is 0 Å². The molecule has 0 bridgehead atoms. The molecular formula is C12H24N6O. The van der Waals surface area contributed by atoms with Crippen molar-refractivity contribution in [2.75, 3.05) is 6.67 Å². The highest BCUT2D eigenvalue weighted by atomic mass is 16.5. The van der Waals surface area contributed by atoms with Crippen LogP contribution in [0.3, 0.4) is 0 Å². The molecule has 0 amide bonds. The van der Waals surface area contributed by atoms with Crippen LogP contribution in [-0.4, -0.2) is 36.4 Å². The summed E-state index contributed by atoms with van der Waals surface area (Å²) in [5.41, 5.74) is 12.9. The zero-order valence-electron chi connectivity index (χ0n) is 11.5. The minimum Gasteiger partial charge on any atom is -0.366 e. The fourth-order valence-electron chi connectivity index (χ4n) is 3.15. The summed E-state index contributed by atoms with van der Waals surface area (Å²) in [6.07, 6.45) is 2.03. The lowest BCUT2D eigenvalue weighted by atomic mass is 10.0. The van der Waals surface area contributed by atoms with Crippen molar-refractivity contribution in [2.45, 2.75) is 51.5 Å². The van der Waals surface area contributed by atoms with Crippen LogP contribution in [0, 0.1) is 5.92 Å². The first-order valence-electron chi connectivity index (χ1n) is 7.04. The Kier molecular flexibility index (Phi) is 3.30. The monoisotopic (exact) mass is 268 g/mol. The normalized spacial score (nSPS) is 42.1. The van der Waals surface area contributed by atoms with Crippen LogP contribution < -0.4 is 27.4 Å². The molecule has 3 aliphatic rings. The van der Waals surface area contributed by atoms with Gasteiger partial charge in [-0.15, -0.1) is 0 Å². The first-order valence-corrected chi connectivity index (χ1v) is 7.04. The van der Waals surface area contributed by atoms with Gasteiger partial charge in [0, 0.05) is 5.92 Å². The molecule has 5 atom stereocenters. The van der Waals surface area contributed by atoms with Crippen molar-refractivity contribution in [3.8, 4) is 0 Å². The van der Waals surface area contributed by atoms with E-state index in [-0.39, 0.29) is 18.7 Å². The maximum atomic E-state index is 6.14. The lowest BCUT2D eigenvalue weighted by molar-refractivity contribution is -0.0531. The average molecular weight is 268 g/mol. The zero-order chi connectivity index (χ0) is 13.6. The van der Waals surface area contributed by atoms with Gasteiger partial charge in [-0.25, -0.2) is 0 Å². The van der Waals surface area contributed by atoms with E-state index in [4.69, 9.17) is 16.2 Å². The van der Waals surface area contributed by atoms with Crippen LogP contribution in [0.4, 0.5) is 0 Å². The highest BCUT2D eigenvalue weighted by molar-refractivity contribution is 5.23. The summed E-state index contributed by atoms with van der Waals surface area (Å²) in [5.74, 6) is 1.48. The van der Waals surface area contributed by atoms with Gasteiger partial charge in [-0.3, -0.25) is 11.1 Å². The van der Waals surface area contributed by atoms with E-state index in [2.05, 4.69) is 34.7 Å². The lowest BCUT2D eigenvalue weighted by Gasteiger charge is -2.35. The molecule has 3 aliphatic heterocycles. The number of hydrogen-bond donors (Lipinski definition) is 5. The topological polar surface area (TPSA) is 101 Å². The largest absolute Gasteiger partial charge is 0.366 e. The average Bonchev–Trinajstić information content (AvgIpc) is 2.92. The molecular weight excluding hydrogens is 244 g/mol. The minimum atomic E-state index is -0.324. The number of nitrogens with one attached hydrogen (secondary N) is 3. The van der Waals surface area contributed by atoms with Gasteiger partial charge < -0.3 is 26.0 Å². The van der Waals surface area contributed by atoms with Gasteiger partial charge in [-0.05, 0) is 12.8 Å². The quantitative estimate of drug-likeness (QED) is 0.433. The van der Waals surface area contributed by atoms with Crippen molar-refractivity contribution in [1.29, 1.82) is 0 Å². The predicted molar refractivity (Wildman–Crippen MR) is 71.8 cm³/mol. The van der Waals surface area contributed by atoms with Gasteiger partial charge in [0.15, 0.2) is 0 Å². The third kappa shape index (κ3) is 2.16. The minimum absolute atomic E-state index is 0.0925. The molecule has 7 nitrogen and oxygen atoms in total. The summed E-state index contributed by atoms with van der Waals surface area (Å²) < 4.78 is 6.14. The third-order valence-corrected chi connectivity index (χ3v) is 4.16. The van der Waals surface area contributed by atoms with Crippen LogP contribution >= 0.6 is 0 Å². The highest BCUT2D eigenvalue weighted by Gasteiger charge is 2.41. The molecule has 0 aromatic carbocycles. The van der Waals surface area contributed by atoms with Crippen LogP contribution in [-0.2, 0) is 4.74 Å². The molecule has 3 heterocycles. The van der Waals surface area contributed by atoms with Crippen LogP contribution in [0.5, 0.6) is 0 Å². The summed E-state index contributed by atoms with van der Waals surface area (Å²) in [6.45, 7) is 5.12. The molecule has 0 radical (unpaired) electrons. The Hall–Kier alpha value is -1.02. The Morgan fingerprint density at radius 2 is 2.21 bits per heavy atom. The molecule has 1 fully saturated rings. The molecule has 0 aliphatic carbocycles. The molecule has 0 saturated carbocycles. The van der Waals surface area contributed by atoms with Crippen LogP contribution in [0.25, 0.3) is 0 Å². The van der Waals surface area contributed by atoms with E-state index in [1.807, 2.05) is 0 Å². The number of rotatable bonds is 2. The Balaban J connectivity index is 1.79. The second-order valence-electron chi connectivity index (χ2n) is 5.60. The summed E-state index contributed by atoms with van der Waals surface area (Å²) in [4.78, 5) is 2.20. The standard InChI is InChI=1S/C12H24N6O/c1-3-7-4-6(2)11(19-7)18-5-15-8-9(13)16-12(14)17-10(8)18/h6-7,9,11-12,15-17H,3-5,13-14H2,1-2H3/t6-,7+,9?,11+,12?/m0/s1. The summed E-state index contributed by atoms with van der Waals surface area (Å²) in [7, 11) is 0. The Morgan fingerprint density at radius 3 is 2.89 bits per heavy atom. The maximum Gasteiger partial charge on any atom is 0.135 e. The predicted octanol–water partition coefficient (Wildman–Crippen LogP) is -1.10. The molecule has 7 heteroatoms. The SMILES string of the molecule is CC[C@@H]1C[C@H](C)[C@H](N2CNC3=C2NC(N)NC3N)O1. The van der Waals surface area contributed by atoms with Crippen molar-refractivity contribution >= 4 is 0 Å². The van der Waals surface area contributed by atoms with Crippen molar-refractivity contribution in [3.63, 3.8) is 0 Å². The highest BCUT2D eigenvalue weighted by Crippen LogP contribution is 2.33. The van der Waals surface area contributed by atoms with E-state index >= 15 is 0 Å². The van der Waals surface area contributed by atoms with Gasteiger partial charge in [-0.1, -0.05) is 13.8 Å². The Labute approximate surface area is 113 Å². The van der Waals surface area contributed by atoms with E-state index in [9.17, 15) is 0 Å². The van der Waals surface area contributed by atoms with Crippen molar-refractivity contribution in [3.05, 3.63) is 11.5 Å².